The van der Waals surface area contributed by atoms with Crippen LogP contribution in [0, 0.1) is 0 Å². The molecule has 0 heterocycles. The molecule has 6 nitrogen and oxygen atoms in total. The summed E-state index contributed by atoms with van der Waals surface area (Å²) in [7, 11) is -2.33. The van der Waals surface area contributed by atoms with Crippen molar-refractivity contribution in [2.45, 2.75) is 11.4 Å². The van der Waals surface area contributed by atoms with Crippen molar-refractivity contribution < 1.29 is 17.9 Å². The number of benzene rings is 3. The maximum Gasteiger partial charge on any atom is 0.261 e. The number of carbonyl (C=O) groups excluding carboxylic acids is 1. The second-order valence-electron chi connectivity index (χ2n) is 6.14. The molecule has 0 spiro atoms. The summed E-state index contributed by atoms with van der Waals surface area (Å²) in [4.78, 5) is 12.4. The van der Waals surface area contributed by atoms with Gasteiger partial charge in [-0.05, 0) is 54.1 Å². The predicted molar refractivity (Wildman–Crippen MR) is 113 cm³/mol. The Balaban J connectivity index is 1.73. The molecular weight excluding hydrogens is 412 g/mol. The molecule has 3 aromatic rings. The van der Waals surface area contributed by atoms with Gasteiger partial charge in [-0.1, -0.05) is 35.9 Å². The molecule has 8 heteroatoms. The van der Waals surface area contributed by atoms with Crippen molar-refractivity contribution in [1.82, 2.24) is 5.32 Å². The van der Waals surface area contributed by atoms with Crippen LogP contribution in [0.1, 0.15) is 15.9 Å². The molecule has 0 saturated carbocycles. The van der Waals surface area contributed by atoms with E-state index in [1.807, 2.05) is 12.1 Å². The van der Waals surface area contributed by atoms with Gasteiger partial charge in [-0.15, -0.1) is 0 Å². The fourth-order valence-electron chi connectivity index (χ4n) is 2.60. The number of hydrogen-bond donors (Lipinski definition) is 2. The van der Waals surface area contributed by atoms with Crippen molar-refractivity contribution in [2.24, 2.45) is 0 Å². The van der Waals surface area contributed by atoms with E-state index in [4.69, 9.17) is 16.3 Å². The van der Waals surface area contributed by atoms with Gasteiger partial charge in [0.25, 0.3) is 15.9 Å². The Hall–Kier alpha value is -3.03. The molecule has 0 aromatic heterocycles. The summed E-state index contributed by atoms with van der Waals surface area (Å²) >= 11 is 6.09. The van der Waals surface area contributed by atoms with Gasteiger partial charge in [0.15, 0.2) is 0 Å². The normalized spacial score (nSPS) is 11.0. The molecule has 2 N–H and O–H groups in total. The molecule has 0 saturated heterocycles. The van der Waals surface area contributed by atoms with E-state index in [2.05, 4.69) is 10.0 Å². The van der Waals surface area contributed by atoms with Crippen molar-refractivity contribution in [3.8, 4) is 5.75 Å². The number of ether oxygens (including phenoxy) is 1. The van der Waals surface area contributed by atoms with Crippen LogP contribution in [0.15, 0.2) is 77.7 Å². The Kier molecular flexibility index (Phi) is 6.41. The molecule has 0 aliphatic heterocycles. The maximum absolute atomic E-state index is 12.7. The van der Waals surface area contributed by atoms with E-state index in [0.29, 0.717) is 16.5 Å². The number of amides is 1. The van der Waals surface area contributed by atoms with Crippen LogP contribution in [-0.2, 0) is 16.6 Å². The van der Waals surface area contributed by atoms with Gasteiger partial charge in [0.1, 0.15) is 5.75 Å². The average molecular weight is 431 g/mol. The van der Waals surface area contributed by atoms with Crippen LogP contribution in [0.5, 0.6) is 5.75 Å². The summed E-state index contributed by atoms with van der Waals surface area (Å²) in [6, 6.07) is 19.5. The second-order valence-corrected chi connectivity index (χ2v) is 8.23. The van der Waals surface area contributed by atoms with Crippen molar-refractivity contribution in [2.75, 3.05) is 11.8 Å². The Bertz CT molecular complexity index is 1120. The minimum absolute atomic E-state index is 0.0151. The first-order chi connectivity index (χ1) is 13.9. The Morgan fingerprint density at radius 1 is 1.00 bits per heavy atom. The highest BCUT2D eigenvalue weighted by Crippen LogP contribution is 2.20. The number of rotatable bonds is 7. The molecule has 3 rings (SSSR count). The number of sulfonamides is 1. The van der Waals surface area contributed by atoms with E-state index < -0.39 is 15.9 Å². The largest absolute Gasteiger partial charge is 0.497 e. The molecule has 1 amide bonds. The molecule has 0 fully saturated rings. The van der Waals surface area contributed by atoms with Crippen LogP contribution in [0.4, 0.5) is 5.69 Å². The number of nitrogens with one attached hydrogen (secondary N) is 2. The predicted octanol–water partition coefficient (Wildman–Crippen LogP) is 4.08. The third-order valence-electron chi connectivity index (χ3n) is 4.15. The molecule has 150 valence electrons. The molecule has 29 heavy (non-hydrogen) atoms. The quantitative estimate of drug-likeness (QED) is 0.591. The summed E-state index contributed by atoms with van der Waals surface area (Å²) in [5.41, 5.74) is 1.39. The van der Waals surface area contributed by atoms with E-state index >= 15 is 0 Å². The number of halogens is 1. The Morgan fingerprint density at radius 3 is 2.41 bits per heavy atom. The van der Waals surface area contributed by atoms with Gasteiger partial charge in [-0.3, -0.25) is 9.52 Å². The number of methoxy groups -OCH3 is 1. The minimum atomic E-state index is -3.85. The first-order valence-electron chi connectivity index (χ1n) is 8.67. The van der Waals surface area contributed by atoms with E-state index in [0.717, 1.165) is 5.56 Å². The highest BCUT2D eigenvalue weighted by molar-refractivity contribution is 7.92. The van der Waals surface area contributed by atoms with Crippen molar-refractivity contribution in [1.29, 1.82) is 0 Å². The lowest BCUT2D eigenvalue weighted by Crippen LogP contribution is -2.23. The van der Waals surface area contributed by atoms with E-state index in [1.165, 1.54) is 25.3 Å². The van der Waals surface area contributed by atoms with Crippen LogP contribution in [-0.4, -0.2) is 21.4 Å². The minimum Gasteiger partial charge on any atom is -0.497 e. The van der Waals surface area contributed by atoms with Crippen LogP contribution < -0.4 is 14.8 Å². The summed E-state index contributed by atoms with van der Waals surface area (Å²) in [5, 5.41) is 3.29. The third kappa shape index (κ3) is 5.28. The number of anilines is 1. The standard InChI is InChI=1S/C21H19ClN2O4S/c1-28-18-11-9-17(10-12-18)24-29(26,27)19-7-4-6-15(13-19)21(25)23-14-16-5-2-3-8-20(16)22/h2-13,24H,14H2,1H3,(H,23,25). The van der Waals surface area contributed by atoms with E-state index in [1.54, 1.807) is 42.5 Å². The van der Waals surface area contributed by atoms with Gasteiger partial charge in [-0.2, -0.15) is 0 Å². The molecule has 0 aliphatic rings. The van der Waals surface area contributed by atoms with E-state index in [9.17, 15) is 13.2 Å². The SMILES string of the molecule is COc1ccc(NS(=O)(=O)c2cccc(C(=O)NCc3ccccc3Cl)c2)cc1. The molecule has 0 atom stereocenters. The summed E-state index contributed by atoms with van der Waals surface area (Å²) in [6.07, 6.45) is 0. The van der Waals surface area contributed by atoms with Gasteiger partial charge >= 0.3 is 0 Å². The molecule has 0 unspecified atom stereocenters. The zero-order valence-electron chi connectivity index (χ0n) is 15.6. The van der Waals surface area contributed by atoms with Crippen LogP contribution in [0.25, 0.3) is 0 Å². The zero-order valence-corrected chi connectivity index (χ0v) is 17.1. The van der Waals surface area contributed by atoms with E-state index in [-0.39, 0.29) is 17.0 Å². The summed E-state index contributed by atoms with van der Waals surface area (Å²) < 4.78 is 32.9. The van der Waals surface area contributed by atoms with Crippen molar-refractivity contribution in [3.63, 3.8) is 0 Å². The summed E-state index contributed by atoms with van der Waals surface area (Å²) in [6.45, 7) is 0.236. The van der Waals surface area contributed by atoms with Crippen LogP contribution >= 0.6 is 11.6 Å². The second kappa shape index (κ2) is 8.98. The monoisotopic (exact) mass is 430 g/mol. The van der Waals surface area contributed by atoms with Crippen molar-refractivity contribution in [3.05, 3.63) is 88.9 Å². The highest BCUT2D eigenvalue weighted by atomic mass is 35.5. The fourth-order valence-corrected chi connectivity index (χ4v) is 3.90. The topological polar surface area (TPSA) is 84.5 Å². The van der Waals surface area contributed by atoms with Gasteiger partial charge in [0.05, 0.1) is 12.0 Å². The first kappa shape index (κ1) is 20.7. The van der Waals surface area contributed by atoms with Crippen molar-refractivity contribution >= 4 is 33.2 Å². The molecular formula is C21H19ClN2O4S. The lowest BCUT2D eigenvalue weighted by Gasteiger charge is -2.11. The fraction of sp³-hybridized carbons (Fsp3) is 0.0952. The first-order valence-corrected chi connectivity index (χ1v) is 10.5. The average Bonchev–Trinajstić information content (AvgIpc) is 2.73. The lowest BCUT2D eigenvalue weighted by molar-refractivity contribution is 0.0950. The molecule has 3 aromatic carbocycles. The van der Waals surface area contributed by atoms with Gasteiger partial charge in [0.2, 0.25) is 0 Å². The van der Waals surface area contributed by atoms with Gasteiger partial charge < -0.3 is 10.1 Å². The third-order valence-corrected chi connectivity index (χ3v) is 5.89. The highest BCUT2D eigenvalue weighted by Gasteiger charge is 2.17. The van der Waals surface area contributed by atoms with Gasteiger partial charge in [0, 0.05) is 22.8 Å². The summed E-state index contributed by atoms with van der Waals surface area (Å²) in [5.74, 6) is 0.219. The maximum atomic E-state index is 12.7. The number of hydrogen-bond acceptors (Lipinski definition) is 4. The Labute approximate surface area is 174 Å². The lowest BCUT2D eigenvalue weighted by atomic mass is 10.2. The number of carbonyl (C=O) groups is 1. The Morgan fingerprint density at radius 2 is 1.72 bits per heavy atom. The van der Waals surface area contributed by atoms with Crippen LogP contribution in [0.2, 0.25) is 5.02 Å². The molecule has 0 aliphatic carbocycles. The van der Waals surface area contributed by atoms with Crippen LogP contribution in [0.3, 0.4) is 0 Å². The van der Waals surface area contributed by atoms with Gasteiger partial charge in [-0.25, -0.2) is 8.42 Å². The zero-order chi connectivity index (χ0) is 20.9. The molecule has 0 radical (unpaired) electrons. The molecule has 0 bridgehead atoms. The smallest absolute Gasteiger partial charge is 0.261 e.